The van der Waals surface area contributed by atoms with Gasteiger partial charge in [-0.15, -0.1) is 0 Å². The average molecular weight is 358 g/mol. The van der Waals surface area contributed by atoms with E-state index in [0.717, 1.165) is 4.47 Å². The molecule has 0 bridgehead atoms. The largest absolute Gasteiger partial charge is 0.493 e. The van der Waals surface area contributed by atoms with E-state index in [-0.39, 0.29) is 12.4 Å². The zero-order valence-corrected chi connectivity index (χ0v) is 12.9. The number of nitrogens with two attached hydrogens (primary N) is 1. The van der Waals surface area contributed by atoms with Gasteiger partial charge in [0.2, 0.25) is 0 Å². The maximum atomic E-state index is 13.1. The first-order chi connectivity index (χ1) is 9.56. The Morgan fingerprint density at radius 2 is 2.05 bits per heavy atom. The fraction of sp³-hybridized carbons (Fsp3) is 0.143. The molecule has 3 nitrogen and oxygen atoms in total. The zero-order chi connectivity index (χ0) is 14.5. The predicted molar refractivity (Wildman–Crippen MR) is 81.7 cm³/mol. The summed E-state index contributed by atoms with van der Waals surface area (Å²) in [5, 5.41) is 0. The summed E-state index contributed by atoms with van der Waals surface area (Å²) in [6.45, 7) is 0.263. The van der Waals surface area contributed by atoms with Gasteiger partial charge in [0.25, 0.3) is 0 Å². The van der Waals surface area contributed by atoms with Crippen LogP contribution in [0.4, 0.5) is 10.1 Å². The fourth-order valence-electron chi connectivity index (χ4n) is 1.61. The van der Waals surface area contributed by atoms with Gasteiger partial charge < -0.3 is 10.5 Å². The smallest absolute Gasteiger partial charge is 0.124 e. The fourth-order valence-corrected chi connectivity index (χ4v) is 3.02. The van der Waals surface area contributed by atoms with Crippen LogP contribution in [0.25, 0.3) is 0 Å². The molecule has 2 N–H and O–H groups in total. The van der Waals surface area contributed by atoms with Gasteiger partial charge in [0.05, 0.1) is 21.4 Å². The topological polar surface area (TPSA) is 52.3 Å². The second-order valence-electron chi connectivity index (χ2n) is 4.04. The van der Waals surface area contributed by atoms with E-state index in [0.29, 0.717) is 16.3 Å². The molecule has 20 heavy (non-hydrogen) atoms. The molecule has 0 aliphatic rings. The Hall–Kier alpha value is -1.40. The standard InChI is InChI=1S/C14H13BrFNO2S/c15-10-2-1-3-12(8-10)19-6-7-20(18)14-9-11(16)4-5-13(14)17/h1-5,8-9H,6-7,17H2. The Labute approximate surface area is 127 Å². The van der Waals surface area contributed by atoms with Crippen molar-refractivity contribution in [2.24, 2.45) is 0 Å². The third-order valence-corrected chi connectivity index (χ3v) is 4.43. The lowest BCUT2D eigenvalue weighted by molar-refractivity contribution is 0.342. The van der Waals surface area contributed by atoms with Crippen molar-refractivity contribution >= 4 is 32.4 Å². The Bertz CT molecular complexity index is 636. The van der Waals surface area contributed by atoms with Crippen molar-refractivity contribution in [2.45, 2.75) is 4.90 Å². The molecule has 0 aliphatic carbocycles. The molecule has 2 aromatic rings. The number of rotatable bonds is 5. The molecule has 0 saturated carbocycles. The maximum Gasteiger partial charge on any atom is 0.124 e. The maximum absolute atomic E-state index is 13.1. The Morgan fingerprint density at radius 3 is 2.80 bits per heavy atom. The van der Waals surface area contributed by atoms with Gasteiger partial charge in [-0.3, -0.25) is 4.21 Å². The van der Waals surface area contributed by atoms with E-state index in [9.17, 15) is 8.60 Å². The molecule has 0 aromatic heterocycles. The molecule has 0 amide bonds. The van der Waals surface area contributed by atoms with E-state index in [1.165, 1.54) is 18.2 Å². The first-order valence-corrected chi connectivity index (χ1v) is 7.99. The molecular weight excluding hydrogens is 345 g/mol. The van der Waals surface area contributed by atoms with Crippen molar-refractivity contribution in [1.82, 2.24) is 0 Å². The van der Waals surface area contributed by atoms with Gasteiger partial charge in [-0.25, -0.2) is 4.39 Å². The Balaban J connectivity index is 1.94. The molecule has 0 fully saturated rings. The van der Waals surface area contributed by atoms with Gasteiger partial charge in [-0.05, 0) is 36.4 Å². The highest BCUT2D eigenvalue weighted by atomic mass is 79.9. The van der Waals surface area contributed by atoms with Crippen LogP contribution in [0.2, 0.25) is 0 Å². The number of halogens is 2. The molecule has 0 saturated heterocycles. The minimum absolute atomic E-state index is 0.250. The molecule has 6 heteroatoms. The lowest BCUT2D eigenvalue weighted by atomic mass is 10.3. The van der Waals surface area contributed by atoms with Gasteiger partial charge in [-0.1, -0.05) is 22.0 Å². The molecule has 1 unspecified atom stereocenters. The van der Waals surface area contributed by atoms with Crippen molar-refractivity contribution in [3.63, 3.8) is 0 Å². The van der Waals surface area contributed by atoms with E-state index in [1.807, 2.05) is 24.3 Å². The summed E-state index contributed by atoms with van der Waals surface area (Å²) in [6.07, 6.45) is 0. The molecule has 106 valence electrons. The number of hydrogen-bond donors (Lipinski definition) is 1. The molecule has 0 spiro atoms. The van der Waals surface area contributed by atoms with Crippen LogP contribution in [0, 0.1) is 5.82 Å². The number of hydrogen-bond acceptors (Lipinski definition) is 3. The minimum Gasteiger partial charge on any atom is -0.493 e. The van der Waals surface area contributed by atoms with Crippen molar-refractivity contribution in [3.05, 3.63) is 52.8 Å². The van der Waals surface area contributed by atoms with Crippen molar-refractivity contribution in [2.75, 3.05) is 18.1 Å². The van der Waals surface area contributed by atoms with Crippen molar-refractivity contribution in [1.29, 1.82) is 0 Å². The minimum atomic E-state index is -1.39. The Morgan fingerprint density at radius 1 is 1.25 bits per heavy atom. The van der Waals surface area contributed by atoms with Crippen LogP contribution in [0.15, 0.2) is 51.8 Å². The van der Waals surface area contributed by atoms with Crippen LogP contribution < -0.4 is 10.5 Å². The Kier molecular flexibility index (Phi) is 5.14. The summed E-state index contributed by atoms with van der Waals surface area (Å²) in [4.78, 5) is 0.308. The highest BCUT2D eigenvalue weighted by molar-refractivity contribution is 9.10. The highest BCUT2D eigenvalue weighted by Crippen LogP contribution is 2.19. The second kappa shape index (κ2) is 6.85. The number of anilines is 1. The number of benzene rings is 2. The summed E-state index contributed by atoms with van der Waals surface area (Å²) in [5.41, 5.74) is 6.01. The van der Waals surface area contributed by atoms with Gasteiger partial charge in [0, 0.05) is 10.2 Å². The third-order valence-electron chi connectivity index (χ3n) is 2.55. The molecule has 0 aliphatic heterocycles. The van der Waals surface area contributed by atoms with Crippen LogP contribution in [0.1, 0.15) is 0 Å². The zero-order valence-electron chi connectivity index (χ0n) is 10.5. The van der Waals surface area contributed by atoms with E-state index in [1.54, 1.807) is 0 Å². The molecule has 2 rings (SSSR count). The summed E-state index contributed by atoms with van der Waals surface area (Å²) in [5.74, 6) is 0.485. The summed E-state index contributed by atoms with van der Waals surface area (Å²) >= 11 is 3.34. The lowest BCUT2D eigenvalue weighted by Gasteiger charge is -2.08. The molecule has 0 radical (unpaired) electrons. The summed E-state index contributed by atoms with van der Waals surface area (Å²) in [7, 11) is -1.39. The second-order valence-corrected chi connectivity index (χ2v) is 6.49. The van der Waals surface area contributed by atoms with Crippen LogP contribution in [0.5, 0.6) is 5.75 Å². The van der Waals surface area contributed by atoms with Crippen molar-refractivity contribution < 1.29 is 13.3 Å². The van der Waals surface area contributed by atoms with E-state index < -0.39 is 16.6 Å². The number of ether oxygens (including phenoxy) is 1. The first-order valence-electron chi connectivity index (χ1n) is 5.88. The SMILES string of the molecule is Nc1ccc(F)cc1S(=O)CCOc1cccc(Br)c1. The van der Waals surface area contributed by atoms with Crippen LogP contribution >= 0.6 is 15.9 Å². The molecule has 2 aromatic carbocycles. The van der Waals surface area contributed by atoms with E-state index >= 15 is 0 Å². The van der Waals surface area contributed by atoms with E-state index in [4.69, 9.17) is 10.5 Å². The average Bonchev–Trinajstić information content (AvgIpc) is 2.41. The van der Waals surface area contributed by atoms with Gasteiger partial charge >= 0.3 is 0 Å². The predicted octanol–water partition coefficient (Wildman–Crippen LogP) is 3.36. The molecule has 0 heterocycles. The normalized spacial score (nSPS) is 12.1. The van der Waals surface area contributed by atoms with Gasteiger partial charge in [-0.2, -0.15) is 0 Å². The monoisotopic (exact) mass is 357 g/mol. The van der Waals surface area contributed by atoms with Crippen LogP contribution in [0.3, 0.4) is 0 Å². The number of nitrogen functional groups attached to an aromatic ring is 1. The van der Waals surface area contributed by atoms with Crippen LogP contribution in [-0.2, 0) is 10.8 Å². The van der Waals surface area contributed by atoms with Crippen LogP contribution in [-0.4, -0.2) is 16.6 Å². The molecular formula is C14H13BrFNO2S. The van der Waals surface area contributed by atoms with E-state index in [2.05, 4.69) is 15.9 Å². The third kappa shape index (κ3) is 4.05. The van der Waals surface area contributed by atoms with Crippen molar-refractivity contribution in [3.8, 4) is 5.75 Å². The van der Waals surface area contributed by atoms with Gasteiger partial charge in [0.1, 0.15) is 18.2 Å². The summed E-state index contributed by atoms with van der Waals surface area (Å²) in [6, 6.07) is 11.2. The highest BCUT2D eigenvalue weighted by Gasteiger charge is 2.09. The molecule has 1 atom stereocenters. The van der Waals surface area contributed by atoms with Gasteiger partial charge in [0.15, 0.2) is 0 Å². The summed E-state index contributed by atoms with van der Waals surface area (Å²) < 4.78 is 31.6. The lowest BCUT2D eigenvalue weighted by Crippen LogP contribution is -2.10. The first kappa shape index (κ1) is 15.0. The quantitative estimate of drug-likeness (QED) is 0.834.